The summed E-state index contributed by atoms with van der Waals surface area (Å²) < 4.78 is 5.11. The van der Waals surface area contributed by atoms with Crippen molar-refractivity contribution >= 4 is 23.4 Å². The Morgan fingerprint density at radius 3 is 2.09 bits per heavy atom. The van der Waals surface area contributed by atoms with E-state index in [9.17, 15) is 14.4 Å². The normalized spacial score (nSPS) is 11.2. The van der Waals surface area contributed by atoms with Crippen molar-refractivity contribution in [3.63, 3.8) is 0 Å². The molecule has 170 valence electrons. The number of amides is 3. The quantitative estimate of drug-likeness (QED) is 0.530. The van der Waals surface area contributed by atoms with Crippen molar-refractivity contribution < 1.29 is 19.1 Å². The molecule has 7 nitrogen and oxygen atoms in total. The van der Waals surface area contributed by atoms with Gasteiger partial charge in [-0.25, -0.2) is 0 Å². The average molecular weight is 446 g/mol. The van der Waals surface area contributed by atoms with E-state index in [0.717, 1.165) is 5.56 Å². The molecule has 7 heteroatoms. The summed E-state index contributed by atoms with van der Waals surface area (Å²) in [5, 5.41) is 5.58. The van der Waals surface area contributed by atoms with Gasteiger partial charge in [-0.1, -0.05) is 48.5 Å². The predicted molar refractivity (Wildman–Crippen MR) is 127 cm³/mol. The number of methoxy groups -OCH3 is 1. The average Bonchev–Trinajstić information content (AvgIpc) is 2.84. The molecule has 0 radical (unpaired) electrons. The second-order valence-corrected chi connectivity index (χ2v) is 7.55. The Labute approximate surface area is 193 Å². The van der Waals surface area contributed by atoms with Gasteiger partial charge in [-0.2, -0.15) is 0 Å². The number of hydrogen-bond acceptors (Lipinski definition) is 4. The molecule has 3 aromatic carbocycles. The highest BCUT2D eigenvalue weighted by Gasteiger charge is 2.26. The lowest BCUT2D eigenvalue weighted by atomic mass is 10.0. The number of nitrogens with one attached hydrogen (secondary N) is 2. The van der Waals surface area contributed by atoms with Gasteiger partial charge in [0, 0.05) is 24.7 Å². The molecule has 0 aliphatic carbocycles. The van der Waals surface area contributed by atoms with Crippen LogP contribution in [0.15, 0.2) is 84.9 Å². The van der Waals surface area contributed by atoms with Crippen LogP contribution in [0.3, 0.4) is 0 Å². The zero-order valence-corrected chi connectivity index (χ0v) is 18.7. The molecule has 33 heavy (non-hydrogen) atoms. The topological polar surface area (TPSA) is 87.7 Å². The first-order valence-electron chi connectivity index (χ1n) is 10.5. The van der Waals surface area contributed by atoms with Crippen LogP contribution in [0.1, 0.15) is 15.9 Å². The summed E-state index contributed by atoms with van der Waals surface area (Å²) in [5.74, 6) is -0.365. The lowest BCUT2D eigenvalue weighted by Gasteiger charge is -2.24. The summed E-state index contributed by atoms with van der Waals surface area (Å²) in [6.45, 7) is -0.155. The van der Waals surface area contributed by atoms with Crippen molar-refractivity contribution in [2.45, 2.75) is 12.5 Å². The predicted octanol–water partition coefficient (Wildman–Crippen LogP) is 3.13. The van der Waals surface area contributed by atoms with E-state index in [2.05, 4.69) is 10.6 Å². The summed E-state index contributed by atoms with van der Waals surface area (Å²) in [5.41, 5.74) is 1.96. The summed E-state index contributed by atoms with van der Waals surface area (Å²) in [6, 6.07) is 24.2. The van der Waals surface area contributed by atoms with Crippen molar-refractivity contribution in [3.05, 3.63) is 96.1 Å². The highest BCUT2D eigenvalue weighted by atomic mass is 16.5. The van der Waals surface area contributed by atoms with Gasteiger partial charge in [0.2, 0.25) is 11.8 Å². The van der Waals surface area contributed by atoms with E-state index in [1.807, 2.05) is 36.4 Å². The number of ether oxygens (including phenoxy) is 1. The number of anilines is 1. The van der Waals surface area contributed by atoms with E-state index in [1.165, 1.54) is 4.90 Å². The van der Waals surface area contributed by atoms with Crippen LogP contribution in [0, 0.1) is 0 Å². The molecule has 0 spiro atoms. The van der Waals surface area contributed by atoms with Crippen LogP contribution in [-0.4, -0.2) is 49.4 Å². The molecular formula is C26H27N3O4. The van der Waals surface area contributed by atoms with E-state index in [4.69, 9.17) is 4.74 Å². The number of carbonyl (C=O) groups is 3. The number of hydrogen-bond donors (Lipinski definition) is 2. The van der Waals surface area contributed by atoms with Crippen molar-refractivity contribution in [1.29, 1.82) is 0 Å². The third-order valence-electron chi connectivity index (χ3n) is 5.05. The molecule has 3 amide bonds. The van der Waals surface area contributed by atoms with E-state index in [1.54, 1.807) is 62.7 Å². The first kappa shape index (κ1) is 23.5. The molecule has 0 saturated heterocycles. The van der Waals surface area contributed by atoms with E-state index >= 15 is 0 Å². The maximum Gasteiger partial charge on any atom is 0.251 e. The van der Waals surface area contributed by atoms with Gasteiger partial charge in [-0.05, 0) is 42.0 Å². The second kappa shape index (κ2) is 11.5. The Hall–Kier alpha value is -4.13. The van der Waals surface area contributed by atoms with Crippen LogP contribution < -0.4 is 15.4 Å². The number of likely N-dealkylation sites (N-methyl/N-ethyl adjacent to an activating group) is 1. The Balaban J connectivity index is 1.67. The van der Waals surface area contributed by atoms with E-state index in [0.29, 0.717) is 23.4 Å². The number of benzene rings is 3. The SMILES string of the molecule is COc1ccc(NC(=O)CN(C)C(=O)C(Cc2ccccc2)NC(=O)c2ccccc2)cc1. The van der Waals surface area contributed by atoms with Gasteiger partial charge in [0.25, 0.3) is 5.91 Å². The fraction of sp³-hybridized carbons (Fsp3) is 0.192. The fourth-order valence-corrected chi connectivity index (χ4v) is 3.32. The number of carbonyl (C=O) groups excluding carboxylic acids is 3. The van der Waals surface area contributed by atoms with Crippen molar-refractivity contribution in [3.8, 4) is 5.75 Å². The van der Waals surface area contributed by atoms with Gasteiger partial charge in [0.05, 0.1) is 13.7 Å². The minimum absolute atomic E-state index is 0.155. The third-order valence-corrected chi connectivity index (χ3v) is 5.05. The van der Waals surface area contributed by atoms with Gasteiger partial charge >= 0.3 is 0 Å². The van der Waals surface area contributed by atoms with Crippen LogP contribution in [0.5, 0.6) is 5.75 Å². The maximum atomic E-state index is 13.2. The molecule has 0 heterocycles. The minimum atomic E-state index is -0.820. The van der Waals surface area contributed by atoms with Gasteiger partial charge < -0.3 is 20.3 Å². The highest BCUT2D eigenvalue weighted by Crippen LogP contribution is 2.15. The molecule has 0 aliphatic rings. The Morgan fingerprint density at radius 1 is 0.879 bits per heavy atom. The molecule has 0 aromatic heterocycles. The summed E-state index contributed by atoms with van der Waals surface area (Å²) in [4.78, 5) is 39.7. The van der Waals surface area contributed by atoms with Crippen molar-refractivity contribution in [1.82, 2.24) is 10.2 Å². The second-order valence-electron chi connectivity index (χ2n) is 7.55. The summed E-state index contributed by atoms with van der Waals surface area (Å²) in [7, 11) is 3.11. The van der Waals surface area contributed by atoms with Crippen LogP contribution >= 0.6 is 0 Å². The van der Waals surface area contributed by atoms with Gasteiger partial charge in [0.1, 0.15) is 11.8 Å². The number of nitrogens with zero attached hydrogens (tertiary/aromatic N) is 1. The first-order chi connectivity index (χ1) is 16.0. The lowest BCUT2D eigenvalue weighted by molar-refractivity contribution is -0.135. The Morgan fingerprint density at radius 2 is 1.48 bits per heavy atom. The molecule has 0 aliphatic heterocycles. The third kappa shape index (κ3) is 6.93. The standard InChI is InChI=1S/C26H27N3O4/c1-29(18-24(30)27-21-13-15-22(33-2)16-14-21)26(32)23(17-19-9-5-3-6-10-19)28-25(31)20-11-7-4-8-12-20/h3-16,23H,17-18H2,1-2H3,(H,27,30)(H,28,31). The maximum absolute atomic E-state index is 13.2. The van der Waals surface area contributed by atoms with Crippen molar-refractivity contribution in [2.75, 3.05) is 26.0 Å². The first-order valence-corrected chi connectivity index (χ1v) is 10.5. The van der Waals surface area contributed by atoms with Crippen molar-refractivity contribution in [2.24, 2.45) is 0 Å². The zero-order chi connectivity index (χ0) is 23.6. The molecule has 3 rings (SSSR count). The van der Waals surface area contributed by atoms with Crippen LogP contribution in [-0.2, 0) is 16.0 Å². The zero-order valence-electron chi connectivity index (χ0n) is 18.7. The monoisotopic (exact) mass is 445 g/mol. The van der Waals surface area contributed by atoms with E-state index in [-0.39, 0.29) is 24.3 Å². The molecule has 2 N–H and O–H groups in total. The molecule has 3 aromatic rings. The van der Waals surface area contributed by atoms with Gasteiger partial charge in [-0.3, -0.25) is 14.4 Å². The molecular weight excluding hydrogens is 418 g/mol. The van der Waals surface area contributed by atoms with Crippen LogP contribution in [0.2, 0.25) is 0 Å². The largest absolute Gasteiger partial charge is 0.497 e. The minimum Gasteiger partial charge on any atom is -0.497 e. The number of rotatable bonds is 9. The van der Waals surface area contributed by atoms with Gasteiger partial charge in [0.15, 0.2) is 0 Å². The van der Waals surface area contributed by atoms with E-state index < -0.39 is 6.04 Å². The Bertz CT molecular complexity index is 1070. The van der Waals surface area contributed by atoms with Crippen LogP contribution in [0.4, 0.5) is 5.69 Å². The molecule has 0 saturated carbocycles. The van der Waals surface area contributed by atoms with Crippen LogP contribution in [0.25, 0.3) is 0 Å². The summed E-state index contributed by atoms with van der Waals surface area (Å²) in [6.07, 6.45) is 0.308. The Kier molecular flexibility index (Phi) is 8.18. The molecule has 1 unspecified atom stereocenters. The van der Waals surface area contributed by atoms with Gasteiger partial charge in [-0.15, -0.1) is 0 Å². The lowest BCUT2D eigenvalue weighted by Crippen LogP contribution is -2.50. The molecule has 1 atom stereocenters. The highest BCUT2D eigenvalue weighted by molar-refractivity contribution is 5.99. The summed E-state index contributed by atoms with van der Waals surface area (Å²) >= 11 is 0. The smallest absolute Gasteiger partial charge is 0.251 e. The molecule has 0 fully saturated rings. The molecule has 0 bridgehead atoms. The fourth-order valence-electron chi connectivity index (χ4n) is 3.32.